The molecule has 130 valence electrons. The molecule has 0 aliphatic carbocycles. The van der Waals surface area contributed by atoms with Crippen molar-refractivity contribution in [3.63, 3.8) is 0 Å². The third-order valence-corrected chi connectivity index (χ3v) is 4.58. The van der Waals surface area contributed by atoms with E-state index in [1.165, 1.54) is 11.1 Å². The molecule has 0 saturated carbocycles. The molecule has 5 heteroatoms. The molecule has 2 heterocycles. The molecule has 3 rings (SSSR count). The summed E-state index contributed by atoms with van der Waals surface area (Å²) < 4.78 is 5.29. The van der Waals surface area contributed by atoms with Crippen molar-refractivity contribution in [1.82, 2.24) is 15.0 Å². The second-order valence-electron chi connectivity index (χ2n) is 6.95. The van der Waals surface area contributed by atoms with Crippen LogP contribution < -0.4 is 0 Å². The van der Waals surface area contributed by atoms with Crippen LogP contribution >= 0.6 is 0 Å². The second kappa shape index (κ2) is 7.47. The maximum Gasteiger partial charge on any atom is 0.150 e. The molecule has 1 saturated heterocycles. The van der Waals surface area contributed by atoms with Gasteiger partial charge in [0.15, 0.2) is 5.76 Å². The topological polar surface area (TPSA) is 52.7 Å². The molecule has 1 aromatic heterocycles. The molecule has 1 unspecified atom stereocenters. The minimum absolute atomic E-state index is 0.424. The zero-order valence-corrected chi connectivity index (χ0v) is 14.8. The number of piperazine rings is 1. The molecule has 2 aromatic rings. The molecule has 1 N–H and O–H groups in total. The molecule has 1 aromatic carbocycles. The largest absolute Gasteiger partial charge is 0.387 e. The van der Waals surface area contributed by atoms with Crippen LogP contribution in [0.1, 0.15) is 34.2 Å². The fourth-order valence-electron chi connectivity index (χ4n) is 3.39. The van der Waals surface area contributed by atoms with Crippen molar-refractivity contribution in [2.75, 3.05) is 32.7 Å². The van der Waals surface area contributed by atoms with Gasteiger partial charge in [0.1, 0.15) is 0 Å². The van der Waals surface area contributed by atoms with Gasteiger partial charge in [0.2, 0.25) is 0 Å². The third-order valence-electron chi connectivity index (χ3n) is 4.58. The van der Waals surface area contributed by atoms with Gasteiger partial charge in [0.25, 0.3) is 0 Å². The van der Waals surface area contributed by atoms with E-state index in [0.717, 1.165) is 49.7 Å². The summed E-state index contributed by atoms with van der Waals surface area (Å²) in [4.78, 5) is 4.71. The fraction of sp³-hybridized carbons (Fsp3) is 0.526. The van der Waals surface area contributed by atoms with Crippen LogP contribution in [0.5, 0.6) is 0 Å². The number of aromatic nitrogens is 1. The van der Waals surface area contributed by atoms with Crippen LogP contribution in [0, 0.1) is 20.8 Å². The molecule has 1 aliphatic rings. The summed E-state index contributed by atoms with van der Waals surface area (Å²) in [6, 6.07) is 8.30. The van der Waals surface area contributed by atoms with E-state index in [4.69, 9.17) is 4.52 Å². The lowest BCUT2D eigenvalue weighted by Gasteiger charge is -2.35. The summed E-state index contributed by atoms with van der Waals surface area (Å²) >= 11 is 0. The molecule has 1 aliphatic heterocycles. The number of benzene rings is 1. The number of aliphatic hydroxyl groups excluding tert-OH is 1. The highest BCUT2D eigenvalue weighted by Crippen LogP contribution is 2.19. The standard InChI is InChI=1S/C19H27N3O2/c1-14-8-15(2)10-17(9-14)19(23)13-22-6-4-21(5-7-22)12-18-11-16(3)20-24-18/h8-11,19,23H,4-7,12-13H2,1-3H3. The molecule has 0 spiro atoms. The van der Waals surface area contributed by atoms with E-state index in [2.05, 4.69) is 47.0 Å². The van der Waals surface area contributed by atoms with Gasteiger partial charge >= 0.3 is 0 Å². The van der Waals surface area contributed by atoms with Crippen molar-refractivity contribution in [1.29, 1.82) is 0 Å². The molecule has 1 fully saturated rings. The maximum atomic E-state index is 10.5. The highest BCUT2D eigenvalue weighted by atomic mass is 16.5. The predicted octanol–water partition coefficient (Wildman–Crippen LogP) is 2.45. The number of hydrogen-bond donors (Lipinski definition) is 1. The lowest BCUT2D eigenvalue weighted by Crippen LogP contribution is -2.47. The molecular formula is C19H27N3O2. The smallest absolute Gasteiger partial charge is 0.150 e. The first-order valence-electron chi connectivity index (χ1n) is 8.63. The van der Waals surface area contributed by atoms with Crippen LogP contribution in [0.25, 0.3) is 0 Å². The highest BCUT2D eigenvalue weighted by molar-refractivity contribution is 5.30. The zero-order valence-electron chi connectivity index (χ0n) is 14.8. The third kappa shape index (κ3) is 4.44. The van der Waals surface area contributed by atoms with Gasteiger partial charge in [-0.3, -0.25) is 9.80 Å². The highest BCUT2D eigenvalue weighted by Gasteiger charge is 2.21. The van der Waals surface area contributed by atoms with Crippen LogP contribution in [0.4, 0.5) is 0 Å². The molecule has 5 nitrogen and oxygen atoms in total. The monoisotopic (exact) mass is 329 g/mol. The van der Waals surface area contributed by atoms with Crippen LogP contribution in [0.2, 0.25) is 0 Å². The normalized spacial score (nSPS) is 18.0. The molecular weight excluding hydrogens is 302 g/mol. The average molecular weight is 329 g/mol. The maximum absolute atomic E-state index is 10.5. The summed E-state index contributed by atoms with van der Waals surface area (Å²) in [6.07, 6.45) is -0.424. The van der Waals surface area contributed by atoms with Gasteiger partial charge in [-0.2, -0.15) is 0 Å². The van der Waals surface area contributed by atoms with Crippen molar-refractivity contribution in [3.05, 3.63) is 52.4 Å². The quantitative estimate of drug-likeness (QED) is 0.913. The zero-order chi connectivity index (χ0) is 17.1. The van der Waals surface area contributed by atoms with Crippen molar-refractivity contribution in [3.8, 4) is 0 Å². The van der Waals surface area contributed by atoms with Gasteiger partial charge in [0.05, 0.1) is 18.3 Å². The van der Waals surface area contributed by atoms with Gasteiger partial charge in [-0.15, -0.1) is 0 Å². The van der Waals surface area contributed by atoms with E-state index in [1.54, 1.807) is 0 Å². The Balaban J connectivity index is 1.49. The lowest BCUT2D eigenvalue weighted by atomic mass is 10.0. The van der Waals surface area contributed by atoms with Crippen LogP contribution in [0.3, 0.4) is 0 Å². The van der Waals surface area contributed by atoms with Crippen LogP contribution in [0.15, 0.2) is 28.8 Å². The summed E-state index contributed by atoms with van der Waals surface area (Å²) in [5.74, 6) is 0.927. The van der Waals surface area contributed by atoms with Gasteiger partial charge < -0.3 is 9.63 Å². The van der Waals surface area contributed by atoms with E-state index in [9.17, 15) is 5.11 Å². The first-order valence-corrected chi connectivity index (χ1v) is 8.63. The Labute approximate surface area is 143 Å². The first kappa shape index (κ1) is 17.1. The number of aryl methyl sites for hydroxylation is 3. The Morgan fingerprint density at radius 1 is 1.00 bits per heavy atom. The number of nitrogens with zero attached hydrogens (tertiary/aromatic N) is 3. The molecule has 0 radical (unpaired) electrons. The van der Waals surface area contributed by atoms with Gasteiger partial charge in [-0.05, 0) is 26.3 Å². The second-order valence-corrected chi connectivity index (χ2v) is 6.95. The molecule has 1 atom stereocenters. The van der Waals surface area contributed by atoms with E-state index in [-0.39, 0.29) is 0 Å². The van der Waals surface area contributed by atoms with E-state index in [1.807, 2.05) is 13.0 Å². The Morgan fingerprint density at radius 3 is 2.21 bits per heavy atom. The fourth-order valence-corrected chi connectivity index (χ4v) is 3.39. The molecule has 24 heavy (non-hydrogen) atoms. The van der Waals surface area contributed by atoms with Gasteiger partial charge in [-0.25, -0.2) is 0 Å². The number of hydrogen-bond acceptors (Lipinski definition) is 5. The number of β-amino-alcohol motifs (C(OH)–C–C–N with tert-alkyl or cyclic N) is 1. The average Bonchev–Trinajstić information content (AvgIpc) is 2.93. The first-order chi connectivity index (χ1) is 11.5. The summed E-state index contributed by atoms with van der Waals surface area (Å²) in [5.41, 5.74) is 4.36. The van der Waals surface area contributed by atoms with Crippen LogP contribution in [-0.2, 0) is 6.54 Å². The summed E-state index contributed by atoms with van der Waals surface area (Å²) in [7, 11) is 0. The molecule has 0 amide bonds. The SMILES string of the molecule is Cc1cc(C)cc(C(O)CN2CCN(Cc3cc(C)no3)CC2)c1. The summed E-state index contributed by atoms with van der Waals surface area (Å²) in [6.45, 7) is 11.5. The lowest BCUT2D eigenvalue weighted by molar-refractivity contribution is 0.0669. The van der Waals surface area contributed by atoms with Crippen molar-refractivity contribution >= 4 is 0 Å². The van der Waals surface area contributed by atoms with Gasteiger partial charge in [0, 0.05) is 38.8 Å². The summed E-state index contributed by atoms with van der Waals surface area (Å²) in [5, 5.41) is 14.5. The van der Waals surface area contributed by atoms with Gasteiger partial charge in [-0.1, -0.05) is 34.5 Å². The minimum Gasteiger partial charge on any atom is -0.387 e. The van der Waals surface area contributed by atoms with E-state index in [0.29, 0.717) is 6.54 Å². The van der Waals surface area contributed by atoms with E-state index < -0.39 is 6.10 Å². The van der Waals surface area contributed by atoms with E-state index >= 15 is 0 Å². The van der Waals surface area contributed by atoms with Crippen LogP contribution in [-0.4, -0.2) is 52.8 Å². The van der Waals surface area contributed by atoms with Crippen molar-refractivity contribution < 1.29 is 9.63 Å². The Bertz CT molecular complexity index is 655. The number of aliphatic hydroxyl groups is 1. The number of rotatable bonds is 5. The molecule has 0 bridgehead atoms. The Kier molecular flexibility index (Phi) is 5.33. The Morgan fingerprint density at radius 2 is 1.62 bits per heavy atom. The Hall–Kier alpha value is -1.69. The van der Waals surface area contributed by atoms with Crippen molar-refractivity contribution in [2.45, 2.75) is 33.4 Å². The predicted molar refractivity (Wildman–Crippen MR) is 93.8 cm³/mol. The minimum atomic E-state index is -0.424. The van der Waals surface area contributed by atoms with Crippen molar-refractivity contribution in [2.24, 2.45) is 0 Å².